The number of nitrogens with one attached hydrogen (secondary N) is 2. The maximum atomic E-state index is 11.6. The van der Waals surface area contributed by atoms with Gasteiger partial charge in [0, 0.05) is 0 Å². The standard InChI is InChI=1S/C8H13N3O4S/c1-2-3-6(8(12)13)11-16(14,15)7-4-9-5-10-7/h4-6,11H,2-3H2,1H3,(H,9,10)(H,12,13)/t6-/m1/s1. The summed E-state index contributed by atoms with van der Waals surface area (Å²) < 4.78 is 25.4. The second-order valence-corrected chi connectivity index (χ2v) is 4.90. The van der Waals surface area contributed by atoms with E-state index in [-0.39, 0.29) is 11.4 Å². The molecular weight excluding hydrogens is 234 g/mol. The Labute approximate surface area is 93.0 Å². The molecule has 90 valence electrons. The van der Waals surface area contributed by atoms with Crippen LogP contribution in [0.5, 0.6) is 0 Å². The fourth-order valence-electron chi connectivity index (χ4n) is 1.16. The number of nitrogens with zero attached hydrogens (tertiary/aromatic N) is 1. The van der Waals surface area contributed by atoms with Crippen LogP contribution in [0.3, 0.4) is 0 Å². The third-order valence-electron chi connectivity index (χ3n) is 1.94. The zero-order chi connectivity index (χ0) is 12.2. The van der Waals surface area contributed by atoms with E-state index in [1.807, 2.05) is 0 Å². The minimum Gasteiger partial charge on any atom is -0.480 e. The average Bonchev–Trinajstić information content (AvgIpc) is 2.69. The van der Waals surface area contributed by atoms with Crippen LogP contribution in [0.15, 0.2) is 17.6 Å². The number of aromatic nitrogens is 2. The van der Waals surface area contributed by atoms with Crippen LogP contribution in [0, 0.1) is 0 Å². The SMILES string of the molecule is CCC[C@@H](NS(=O)(=O)c1cnc[nH]1)C(=O)O. The first-order valence-corrected chi connectivity index (χ1v) is 6.19. The first kappa shape index (κ1) is 12.7. The predicted molar refractivity (Wildman–Crippen MR) is 55.2 cm³/mol. The van der Waals surface area contributed by atoms with Crippen LogP contribution in [-0.2, 0) is 14.8 Å². The summed E-state index contributed by atoms with van der Waals surface area (Å²) in [6, 6.07) is -1.11. The molecule has 1 rings (SSSR count). The first-order chi connectivity index (χ1) is 7.47. The summed E-state index contributed by atoms with van der Waals surface area (Å²) >= 11 is 0. The molecule has 0 bridgehead atoms. The van der Waals surface area contributed by atoms with Gasteiger partial charge in [0.2, 0.25) is 0 Å². The molecule has 7 nitrogen and oxygen atoms in total. The van der Waals surface area contributed by atoms with Gasteiger partial charge in [0.05, 0.1) is 12.5 Å². The molecule has 1 aromatic rings. The van der Waals surface area contributed by atoms with E-state index in [4.69, 9.17) is 5.11 Å². The Bertz CT molecular complexity index is 440. The van der Waals surface area contributed by atoms with Gasteiger partial charge in [0.25, 0.3) is 10.0 Å². The van der Waals surface area contributed by atoms with Crippen LogP contribution in [-0.4, -0.2) is 35.5 Å². The second kappa shape index (κ2) is 5.08. The Morgan fingerprint density at radius 3 is 2.81 bits per heavy atom. The summed E-state index contributed by atoms with van der Waals surface area (Å²) in [5, 5.41) is 8.67. The second-order valence-electron chi connectivity index (χ2n) is 3.22. The largest absolute Gasteiger partial charge is 0.480 e. The van der Waals surface area contributed by atoms with Gasteiger partial charge in [-0.2, -0.15) is 4.72 Å². The summed E-state index contributed by atoms with van der Waals surface area (Å²) in [7, 11) is -3.83. The van der Waals surface area contributed by atoms with Gasteiger partial charge >= 0.3 is 5.97 Å². The number of aromatic amines is 1. The van der Waals surface area contributed by atoms with Crippen molar-refractivity contribution >= 4 is 16.0 Å². The van der Waals surface area contributed by atoms with E-state index in [1.165, 1.54) is 6.33 Å². The van der Waals surface area contributed by atoms with Crippen molar-refractivity contribution in [3.63, 3.8) is 0 Å². The zero-order valence-electron chi connectivity index (χ0n) is 8.67. The molecular formula is C8H13N3O4S. The highest BCUT2D eigenvalue weighted by atomic mass is 32.2. The Balaban J connectivity index is 2.82. The van der Waals surface area contributed by atoms with E-state index in [0.29, 0.717) is 6.42 Å². The third kappa shape index (κ3) is 3.04. The molecule has 16 heavy (non-hydrogen) atoms. The highest BCUT2D eigenvalue weighted by Gasteiger charge is 2.25. The topological polar surface area (TPSA) is 112 Å². The molecule has 0 saturated carbocycles. The molecule has 8 heteroatoms. The molecule has 1 atom stereocenters. The summed E-state index contributed by atoms with van der Waals surface area (Å²) in [5.74, 6) is -1.19. The summed E-state index contributed by atoms with van der Waals surface area (Å²) in [6.07, 6.45) is 3.14. The molecule has 0 aromatic carbocycles. The van der Waals surface area contributed by atoms with Crippen molar-refractivity contribution in [3.05, 3.63) is 12.5 Å². The van der Waals surface area contributed by atoms with Crippen LogP contribution in [0.2, 0.25) is 0 Å². The van der Waals surface area contributed by atoms with Crippen molar-refractivity contribution in [1.29, 1.82) is 0 Å². The zero-order valence-corrected chi connectivity index (χ0v) is 9.49. The molecule has 0 fully saturated rings. The van der Waals surface area contributed by atoms with Gasteiger partial charge in [-0.25, -0.2) is 13.4 Å². The van der Waals surface area contributed by atoms with Gasteiger partial charge < -0.3 is 10.1 Å². The monoisotopic (exact) mass is 247 g/mol. The van der Waals surface area contributed by atoms with Crippen LogP contribution >= 0.6 is 0 Å². The van der Waals surface area contributed by atoms with Gasteiger partial charge in [-0.1, -0.05) is 13.3 Å². The smallest absolute Gasteiger partial charge is 0.321 e. The number of sulfonamides is 1. The molecule has 0 radical (unpaired) electrons. The fraction of sp³-hybridized carbons (Fsp3) is 0.500. The molecule has 0 amide bonds. The van der Waals surface area contributed by atoms with Crippen molar-refractivity contribution in [2.45, 2.75) is 30.8 Å². The summed E-state index contributed by atoms with van der Waals surface area (Å²) in [6.45, 7) is 1.78. The third-order valence-corrected chi connectivity index (χ3v) is 3.33. The van der Waals surface area contributed by atoms with Crippen molar-refractivity contribution < 1.29 is 18.3 Å². The molecule has 1 heterocycles. The van der Waals surface area contributed by atoms with E-state index in [0.717, 1.165) is 6.20 Å². The van der Waals surface area contributed by atoms with Gasteiger partial charge in [-0.05, 0) is 6.42 Å². The minimum absolute atomic E-state index is 0.144. The fourth-order valence-corrected chi connectivity index (χ4v) is 2.29. The lowest BCUT2D eigenvalue weighted by Gasteiger charge is -2.12. The highest BCUT2D eigenvalue weighted by Crippen LogP contribution is 2.06. The normalized spacial score (nSPS) is 13.6. The maximum Gasteiger partial charge on any atom is 0.321 e. The number of aliphatic carboxylic acids is 1. The summed E-state index contributed by atoms with van der Waals surface area (Å²) in [4.78, 5) is 16.8. The van der Waals surface area contributed by atoms with Gasteiger partial charge in [0.15, 0.2) is 5.03 Å². The van der Waals surface area contributed by atoms with Crippen molar-refractivity contribution in [1.82, 2.24) is 14.7 Å². The van der Waals surface area contributed by atoms with Crippen LogP contribution in [0.1, 0.15) is 19.8 Å². The quantitative estimate of drug-likeness (QED) is 0.652. The van der Waals surface area contributed by atoms with E-state index in [1.54, 1.807) is 6.92 Å². The lowest BCUT2D eigenvalue weighted by molar-refractivity contribution is -0.139. The predicted octanol–water partition coefficient (Wildman–Crippen LogP) is -0.0587. The number of carboxylic acids is 1. The molecule has 0 aliphatic rings. The summed E-state index contributed by atoms with van der Waals surface area (Å²) in [5.41, 5.74) is 0. The number of imidazole rings is 1. The van der Waals surface area contributed by atoms with Gasteiger partial charge in [-0.15, -0.1) is 0 Å². The van der Waals surface area contributed by atoms with Crippen molar-refractivity contribution in [2.24, 2.45) is 0 Å². The number of hydrogen-bond donors (Lipinski definition) is 3. The molecule has 0 aliphatic heterocycles. The Kier molecular flexibility index (Phi) is 4.02. The number of carbonyl (C=O) groups is 1. The molecule has 0 spiro atoms. The number of hydrogen-bond acceptors (Lipinski definition) is 4. The number of H-pyrrole nitrogens is 1. The first-order valence-electron chi connectivity index (χ1n) is 4.71. The van der Waals surface area contributed by atoms with Crippen LogP contribution < -0.4 is 4.72 Å². The Morgan fingerprint density at radius 1 is 1.69 bits per heavy atom. The Hall–Kier alpha value is -1.41. The number of rotatable bonds is 6. The molecule has 0 aliphatic carbocycles. The van der Waals surface area contributed by atoms with Gasteiger partial charge in [0.1, 0.15) is 6.04 Å². The molecule has 0 saturated heterocycles. The van der Waals surface area contributed by atoms with E-state index >= 15 is 0 Å². The molecule has 1 aromatic heterocycles. The minimum atomic E-state index is -3.83. The van der Waals surface area contributed by atoms with E-state index in [9.17, 15) is 13.2 Å². The lowest BCUT2D eigenvalue weighted by atomic mass is 10.2. The van der Waals surface area contributed by atoms with Crippen molar-refractivity contribution in [2.75, 3.05) is 0 Å². The Morgan fingerprint density at radius 2 is 2.38 bits per heavy atom. The van der Waals surface area contributed by atoms with Crippen LogP contribution in [0.25, 0.3) is 0 Å². The number of carboxylic acid groups (broad SMARTS) is 1. The molecule has 3 N–H and O–H groups in total. The lowest BCUT2D eigenvalue weighted by Crippen LogP contribution is -2.40. The van der Waals surface area contributed by atoms with Crippen molar-refractivity contribution in [3.8, 4) is 0 Å². The average molecular weight is 247 g/mol. The highest BCUT2D eigenvalue weighted by molar-refractivity contribution is 7.89. The molecule has 0 unspecified atom stereocenters. The van der Waals surface area contributed by atoms with Gasteiger partial charge in [-0.3, -0.25) is 4.79 Å². The van der Waals surface area contributed by atoms with Crippen LogP contribution in [0.4, 0.5) is 0 Å². The maximum absolute atomic E-state index is 11.6. The van der Waals surface area contributed by atoms with E-state index < -0.39 is 22.0 Å². The van der Waals surface area contributed by atoms with E-state index in [2.05, 4.69) is 14.7 Å².